The molecule has 0 unspecified atom stereocenters. The molecule has 1 aromatic heterocycles. The van der Waals surface area contributed by atoms with E-state index in [0.29, 0.717) is 28.6 Å². The SMILES string of the molecule is COc1csc(C(=O)N(C)CCC(N)=S)c1. The summed E-state index contributed by atoms with van der Waals surface area (Å²) in [5.74, 6) is 0.667. The quantitative estimate of drug-likeness (QED) is 0.813. The third-order valence-electron chi connectivity index (χ3n) is 2.06. The Balaban J connectivity index is 2.59. The number of hydrogen-bond acceptors (Lipinski definition) is 4. The van der Waals surface area contributed by atoms with Gasteiger partial charge in [-0.15, -0.1) is 11.3 Å². The van der Waals surface area contributed by atoms with Crippen molar-refractivity contribution in [2.24, 2.45) is 5.73 Å². The van der Waals surface area contributed by atoms with Crippen LogP contribution in [0.3, 0.4) is 0 Å². The van der Waals surface area contributed by atoms with E-state index in [1.54, 1.807) is 30.5 Å². The maximum absolute atomic E-state index is 11.9. The Labute approximate surface area is 104 Å². The Morgan fingerprint density at radius 3 is 2.88 bits per heavy atom. The third-order valence-corrected chi connectivity index (χ3v) is 3.16. The van der Waals surface area contributed by atoms with E-state index < -0.39 is 0 Å². The first kappa shape index (κ1) is 12.9. The molecular formula is C10H14N2O2S2. The largest absolute Gasteiger partial charge is 0.496 e. The van der Waals surface area contributed by atoms with Crippen LogP contribution in [0.15, 0.2) is 11.4 Å². The molecule has 1 heterocycles. The molecule has 0 fully saturated rings. The van der Waals surface area contributed by atoms with Gasteiger partial charge < -0.3 is 15.4 Å². The second-order valence-electron chi connectivity index (χ2n) is 3.29. The van der Waals surface area contributed by atoms with E-state index in [9.17, 15) is 4.79 Å². The minimum Gasteiger partial charge on any atom is -0.496 e. The van der Waals surface area contributed by atoms with Crippen molar-refractivity contribution in [1.82, 2.24) is 4.90 Å². The van der Waals surface area contributed by atoms with Crippen molar-refractivity contribution < 1.29 is 9.53 Å². The molecule has 88 valence electrons. The van der Waals surface area contributed by atoms with Gasteiger partial charge in [0, 0.05) is 31.5 Å². The van der Waals surface area contributed by atoms with Crippen LogP contribution in [0.4, 0.5) is 0 Å². The summed E-state index contributed by atoms with van der Waals surface area (Å²) in [6, 6.07) is 1.73. The van der Waals surface area contributed by atoms with Crippen LogP contribution in [0.2, 0.25) is 0 Å². The van der Waals surface area contributed by atoms with Crippen molar-refractivity contribution >= 4 is 34.5 Å². The Bertz CT molecular complexity index is 390. The van der Waals surface area contributed by atoms with Crippen molar-refractivity contribution in [2.75, 3.05) is 20.7 Å². The first-order valence-electron chi connectivity index (χ1n) is 4.71. The maximum Gasteiger partial charge on any atom is 0.263 e. The highest BCUT2D eigenvalue weighted by atomic mass is 32.1. The topological polar surface area (TPSA) is 55.6 Å². The van der Waals surface area contributed by atoms with E-state index in [4.69, 9.17) is 22.7 Å². The molecule has 0 aliphatic rings. The Morgan fingerprint density at radius 1 is 1.69 bits per heavy atom. The summed E-state index contributed by atoms with van der Waals surface area (Å²) in [5.41, 5.74) is 5.38. The number of amides is 1. The normalized spacial score (nSPS) is 9.88. The van der Waals surface area contributed by atoms with Gasteiger partial charge >= 0.3 is 0 Å². The highest BCUT2D eigenvalue weighted by molar-refractivity contribution is 7.80. The zero-order valence-corrected chi connectivity index (χ0v) is 10.9. The highest BCUT2D eigenvalue weighted by Gasteiger charge is 2.14. The predicted molar refractivity (Wildman–Crippen MR) is 69.2 cm³/mol. The van der Waals surface area contributed by atoms with E-state index in [1.807, 2.05) is 0 Å². The van der Waals surface area contributed by atoms with Crippen LogP contribution in [0.25, 0.3) is 0 Å². The number of hydrogen-bond donors (Lipinski definition) is 1. The minimum atomic E-state index is -0.0375. The van der Waals surface area contributed by atoms with Gasteiger partial charge in [0.15, 0.2) is 0 Å². The fourth-order valence-electron chi connectivity index (χ4n) is 1.11. The van der Waals surface area contributed by atoms with Gasteiger partial charge in [0.2, 0.25) is 0 Å². The maximum atomic E-state index is 11.9. The summed E-state index contributed by atoms with van der Waals surface area (Å²) < 4.78 is 5.02. The lowest BCUT2D eigenvalue weighted by Crippen LogP contribution is -2.29. The lowest BCUT2D eigenvalue weighted by molar-refractivity contribution is 0.0803. The van der Waals surface area contributed by atoms with Gasteiger partial charge in [-0.2, -0.15) is 0 Å². The second-order valence-corrected chi connectivity index (χ2v) is 4.73. The number of carbonyl (C=O) groups excluding carboxylic acids is 1. The minimum absolute atomic E-state index is 0.0375. The second kappa shape index (κ2) is 5.81. The van der Waals surface area contributed by atoms with Crippen LogP contribution in [0.5, 0.6) is 5.75 Å². The number of methoxy groups -OCH3 is 1. The molecule has 0 atom stereocenters. The van der Waals surface area contributed by atoms with Crippen LogP contribution < -0.4 is 10.5 Å². The van der Waals surface area contributed by atoms with Gasteiger partial charge in [0.25, 0.3) is 5.91 Å². The average Bonchev–Trinajstić information content (AvgIpc) is 2.73. The molecule has 6 heteroatoms. The molecule has 2 N–H and O–H groups in total. The van der Waals surface area contributed by atoms with Crippen molar-refractivity contribution in [1.29, 1.82) is 0 Å². The molecule has 16 heavy (non-hydrogen) atoms. The van der Waals surface area contributed by atoms with Gasteiger partial charge in [-0.05, 0) is 0 Å². The zero-order chi connectivity index (χ0) is 12.1. The van der Waals surface area contributed by atoms with Crippen LogP contribution in [0, 0.1) is 0 Å². The molecular weight excluding hydrogens is 244 g/mol. The number of rotatable bonds is 5. The molecule has 1 rings (SSSR count). The van der Waals surface area contributed by atoms with E-state index >= 15 is 0 Å². The third kappa shape index (κ3) is 3.46. The van der Waals surface area contributed by atoms with Crippen LogP contribution in [-0.2, 0) is 0 Å². The van der Waals surface area contributed by atoms with Crippen LogP contribution in [0.1, 0.15) is 16.1 Å². The van der Waals surface area contributed by atoms with E-state index in [1.165, 1.54) is 11.3 Å². The van der Waals surface area contributed by atoms with E-state index in [2.05, 4.69) is 0 Å². The summed E-state index contributed by atoms with van der Waals surface area (Å²) >= 11 is 6.13. The summed E-state index contributed by atoms with van der Waals surface area (Å²) in [4.78, 5) is 14.6. The molecule has 1 amide bonds. The average molecular weight is 258 g/mol. The monoisotopic (exact) mass is 258 g/mol. The Hall–Kier alpha value is -1.14. The first-order valence-corrected chi connectivity index (χ1v) is 5.99. The van der Waals surface area contributed by atoms with Crippen LogP contribution >= 0.6 is 23.6 Å². The van der Waals surface area contributed by atoms with E-state index in [-0.39, 0.29) is 5.91 Å². The summed E-state index contributed by atoms with van der Waals surface area (Å²) in [7, 11) is 3.31. The van der Waals surface area contributed by atoms with Crippen molar-refractivity contribution in [2.45, 2.75) is 6.42 Å². The number of nitrogens with zero attached hydrogens (tertiary/aromatic N) is 1. The Kier molecular flexibility index (Phi) is 4.70. The molecule has 4 nitrogen and oxygen atoms in total. The molecule has 0 aliphatic heterocycles. The smallest absolute Gasteiger partial charge is 0.263 e. The van der Waals surface area contributed by atoms with Crippen molar-refractivity contribution in [3.63, 3.8) is 0 Å². The predicted octanol–water partition coefficient (Wildman–Crippen LogP) is 1.50. The lowest BCUT2D eigenvalue weighted by Gasteiger charge is -2.15. The van der Waals surface area contributed by atoms with Gasteiger partial charge in [0.1, 0.15) is 5.75 Å². The molecule has 0 spiro atoms. The number of nitrogens with two attached hydrogens (primary N) is 1. The molecule has 0 saturated carbocycles. The Morgan fingerprint density at radius 2 is 2.38 bits per heavy atom. The van der Waals surface area contributed by atoms with Gasteiger partial charge in [-0.3, -0.25) is 4.79 Å². The molecule has 0 aliphatic carbocycles. The zero-order valence-electron chi connectivity index (χ0n) is 9.23. The summed E-state index contributed by atoms with van der Waals surface area (Å²) in [6.07, 6.45) is 0.542. The molecule has 0 saturated heterocycles. The van der Waals surface area contributed by atoms with Gasteiger partial charge in [-0.1, -0.05) is 12.2 Å². The standard InChI is InChI=1S/C10H14N2O2S2/c1-12(4-3-9(11)15)10(13)8-5-7(14-2)6-16-8/h5-6H,3-4H2,1-2H3,(H2,11,15). The number of thiocarbonyl (C=S) groups is 1. The van der Waals surface area contributed by atoms with Crippen molar-refractivity contribution in [3.8, 4) is 5.75 Å². The van der Waals surface area contributed by atoms with E-state index in [0.717, 1.165) is 0 Å². The summed E-state index contributed by atoms with van der Waals surface area (Å²) in [6.45, 7) is 0.536. The fourth-order valence-corrected chi connectivity index (χ4v) is 2.05. The fraction of sp³-hybridized carbons (Fsp3) is 0.400. The number of ether oxygens (including phenoxy) is 1. The highest BCUT2D eigenvalue weighted by Crippen LogP contribution is 2.22. The van der Waals surface area contributed by atoms with Gasteiger partial charge in [-0.25, -0.2) is 0 Å². The van der Waals surface area contributed by atoms with Crippen molar-refractivity contribution in [3.05, 3.63) is 16.3 Å². The first-order chi connectivity index (χ1) is 7.54. The number of thiophene rings is 1. The van der Waals surface area contributed by atoms with Crippen LogP contribution in [-0.4, -0.2) is 36.5 Å². The van der Waals surface area contributed by atoms with Gasteiger partial charge in [0.05, 0.1) is 17.0 Å². The number of carbonyl (C=O) groups is 1. The molecule has 1 aromatic rings. The molecule has 0 aromatic carbocycles. The molecule has 0 bridgehead atoms. The molecule has 0 radical (unpaired) electrons. The lowest BCUT2D eigenvalue weighted by atomic mass is 10.3. The summed E-state index contributed by atoms with van der Waals surface area (Å²) in [5, 5.41) is 1.80.